The Morgan fingerprint density at radius 3 is 2.66 bits per heavy atom. The van der Waals surface area contributed by atoms with Crippen molar-refractivity contribution in [2.75, 3.05) is 25.4 Å². The third-order valence-electron chi connectivity index (χ3n) is 4.39. The molecule has 0 radical (unpaired) electrons. The van der Waals surface area contributed by atoms with E-state index in [0.717, 1.165) is 5.56 Å². The van der Waals surface area contributed by atoms with Crippen LogP contribution in [0.5, 0.6) is 11.5 Å². The number of carbonyl (C=O) groups excluding carboxylic acids is 1. The molecule has 0 aliphatic heterocycles. The van der Waals surface area contributed by atoms with Gasteiger partial charge < -0.3 is 25.8 Å². The molecule has 3 aromatic rings. The molecule has 32 heavy (non-hydrogen) atoms. The number of halogens is 2. The summed E-state index contributed by atoms with van der Waals surface area (Å²) in [5, 5.41) is 13.1. The monoisotopic (exact) mass is 463 g/mol. The highest BCUT2D eigenvalue weighted by atomic mass is 35.5. The topological polar surface area (TPSA) is 125 Å². The Labute approximate surface area is 189 Å². The summed E-state index contributed by atoms with van der Waals surface area (Å²) in [6, 6.07) is 9.82. The van der Waals surface area contributed by atoms with Crippen LogP contribution in [0.1, 0.15) is 28.5 Å². The van der Waals surface area contributed by atoms with Crippen LogP contribution in [0.4, 0.5) is 10.2 Å². The van der Waals surface area contributed by atoms with Gasteiger partial charge in [0.05, 0.1) is 6.61 Å². The number of aromatic nitrogens is 2. The lowest BCUT2D eigenvalue weighted by Gasteiger charge is -2.15. The first-order valence-corrected chi connectivity index (χ1v) is 10.3. The van der Waals surface area contributed by atoms with E-state index in [9.17, 15) is 9.18 Å². The van der Waals surface area contributed by atoms with Crippen molar-refractivity contribution >= 4 is 23.3 Å². The molecule has 1 heterocycles. The average molecular weight is 464 g/mol. The molecule has 4 N–H and O–H groups in total. The van der Waals surface area contributed by atoms with E-state index in [1.165, 1.54) is 6.07 Å². The van der Waals surface area contributed by atoms with Gasteiger partial charge in [-0.1, -0.05) is 29.8 Å². The van der Waals surface area contributed by atoms with E-state index >= 15 is 0 Å². The summed E-state index contributed by atoms with van der Waals surface area (Å²) >= 11 is 6.40. The molecule has 1 aromatic heterocycles. The molecule has 0 aliphatic rings. The van der Waals surface area contributed by atoms with Crippen molar-refractivity contribution in [1.29, 1.82) is 0 Å². The lowest BCUT2D eigenvalue weighted by Crippen LogP contribution is -2.32. The lowest BCUT2D eigenvalue weighted by atomic mass is 10.2. The third kappa shape index (κ3) is 6.08. The number of nitrogen functional groups attached to an aromatic ring is 1. The number of nitrogens with one attached hydrogen (secondary N) is 2. The number of ether oxygens (including phenoxy) is 2. The largest absolute Gasteiger partial charge is 0.490 e. The van der Waals surface area contributed by atoms with Crippen LogP contribution in [0, 0.1) is 5.82 Å². The van der Waals surface area contributed by atoms with Crippen LogP contribution in [-0.2, 0) is 13.2 Å². The molecule has 0 unspecified atom stereocenters. The minimum Gasteiger partial charge on any atom is -0.490 e. The van der Waals surface area contributed by atoms with Crippen LogP contribution < -0.4 is 25.8 Å². The van der Waals surface area contributed by atoms with Crippen molar-refractivity contribution in [1.82, 2.24) is 20.9 Å². The maximum absolute atomic E-state index is 13.8. The Morgan fingerprint density at radius 2 is 1.94 bits per heavy atom. The first kappa shape index (κ1) is 23.3. The van der Waals surface area contributed by atoms with Gasteiger partial charge in [-0.15, -0.1) is 0 Å². The summed E-state index contributed by atoms with van der Waals surface area (Å²) < 4.78 is 29.7. The summed E-state index contributed by atoms with van der Waals surface area (Å²) in [5.74, 6) is 0.0517. The van der Waals surface area contributed by atoms with Crippen LogP contribution in [0.3, 0.4) is 0 Å². The van der Waals surface area contributed by atoms with Gasteiger partial charge in [0, 0.05) is 36.3 Å². The molecule has 0 fully saturated rings. The van der Waals surface area contributed by atoms with Crippen molar-refractivity contribution in [2.45, 2.75) is 20.1 Å². The highest BCUT2D eigenvalue weighted by Crippen LogP contribution is 2.34. The van der Waals surface area contributed by atoms with Gasteiger partial charge in [0.1, 0.15) is 12.4 Å². The highest BCUT2D eigenvalue weighted by molar-refractivity contribution is 6.31. The zero-order valence-corrected chi connectivity index (χ0v) is 18.1. The number of rotatable bonds is 11. The maximum atomic E-state index is 13.8. The maximum Gasteiger partial charge on any atom is 0.277 e. The molecule has 170 valence electrons. The third-order valence-corrected chi connectivity index (χ3v) is 4.74. The summed E-state index contributed by atoms with van der Waals surface area (Å²) in [4.78, 5) is 11.9. The molecular formula is C21H23ClFN5O4. The van der Waals surface area contributed by atoms with Crippen molar-refractivity contribution in [2.24, 2.45) is 0 Å². The number of anilines is 1. The van der Waals surface area contributed by atoms with Gasteiger partial charge >= 0.3 is 0 Å². The first-order chi connectivity index (χ1) is 15.5. The molecule has 2 aromatic carbocycles. The second-order valence-corrected chi connectivity index (χ2v) is 7.04. The zero-order valence-electron chi connectivity index (χ0n) is 17.4. The van der Waals surface area contributed by atoms with Crippen molar-refractivity contribution in [3.8, 4) is 11.5 Å². The minimum atomic E-state index is -0.474. The van der Waals surface area contributed by atoms with Crippen LogP contribution in [0.15, 0.2) is 41.0 Å². The predicted molar refractivity (Wildman–Crippen MR) is 116 cm³/mol. The standard InChI is InChI=1S/C21H23ClFN5O4/c1-2-30-17-9-14(11-25-7-8-26-21(29)19-20(24)28-32-27-19)15(22)10-18(17)31-12-13-5-3-4-6-16(13)23/h3-6,9-10,25H,2,7-8,11-12H2,1H3,(H2,24,28)(H,26,29). The summed E-state index contributed by atoms with van der Waals surface area (Å²) in [6.45, 7) is 3.54. The van der Waals surface area contributed by atoms with Crippen LogP contribution >= 0.6 is 11.6 Å². The van der Waals surface area contributed by atoms with Gasteiger partial charge in [-0.25, -0.2) is 9.02 Å². The normalized spacial score (nSPS) is 10.7. The van der Waals surface area contributed by atoms with Crippen molar-refractivity contribution < 1.29 is 23.3 Å². The van der Waals surface area contributed by atoms with Crippen molar-refractivity contribution in [3.05, 3.63) is 64.1 Å². The molecule has 3 rings (SSSR count). The van der Waals surface area contributed by atoms with Gasteiger partial charge in [0.2, 0.25) is 11.5 Å². The average Bonchev–Trinajstić information content (AvgIpc) is 3.21. The van der Waals surface area contributed by atoms with Crippen LogP contribution in [0.2, 0.25) is 5.02 Å². The number of nitrogens with two attached hydrogens (primary N) is 1. The molecule has 0 spiro atoms. The Hall–Kier alpha value is -3.37. The van der Waals surface area contributed by atoms with Crippen LogP contribution in [-0.4, -0.2) is 35.9 Å². The Bertz CT molecular complexity index is 1060. The number of carbonyl (C=O) groups is 1. The van der Waals surface area contributed by atoms with Crippen LogP contribution in [0.25, 0.3) is 0 Å². The SMILES string of the molecule is CCOc1cc(CNCCNC(=O)c2nonc2N)c(Cl)cc1OCc1ccccc1F. The van der Waals surface area contributed by atoms with Gasteiger partial charge in [0.15, 0.2) is 11.5 Å². The highest BCUT2D eigenvalue weighted by Gasteiger charge is 2.15. The fraction of sp³-hybridized carbons (Fsp3) is 0.286. The summed E-state index contributed by atoms with van der Waals surface area (Å²) in [7, 11) is 0. The smallest absolute Gasteiger partial charge is 0.277 e. The Balaban J connectivity index is 1.55. The molecule has 0 saturated heterocycles. The quantitative estimate of drug-likeness (QED) is 0.371. The predicted octanol–water partition coefficient (Wildman–Crippen LogP) is 2.94. The molecule has 11 heteroatoms. The first-order valence-electron chi connectivity index (χ1n) is 9.88. The van der Waals surface area contributed by atoms with Gasteiger partial charge in [0.25, 0.3) is 5.91 Å². The molecule has 0 bridgehead atoms. The number of hydrogen-bond donors (Lipinski definition) is 3. The van der Waals surface area contributed by atoms with E-state index in [0.29, 0.717) is 48.3 Å². The minimum absolute atomic E-state index is 0.0475. The molecule has 9 nitrogen and oxygen atoms in total. The van der Waals surface area contributed by atoms with E-state index in [2.05, 4.69) is 25.6 Å². The molecule has 1 amide bonds. The summed E-state index contributed by atoms with van der Waals surface area (Å²) in [5.41, 5.74) is 6.64. The fourth-order valence-electron chi connectivity index (χ4n) is 2.79. The fourth-order valence-corrected chi connectivity index (χ4v) is 3.01. The van der Waals surface area contributed by atoms with E-state index in [1.807, 2.05) is 6.92 Å². The molecule has 0 saturated carbocycles. The van der Waals surface area contributed by atoms with Gasteiger partial charge in [-0.3, -0.25) is 4.79 Å². The van der Waals surface area contributed by atoms with Crippen molar-refractivity contribution in [3.63, 3.8) is 0 Å². The second kappa shape index (κ2) is 11.3. The number of nitrogens with zero attached hydrogens (tertiary/aromatic N) is 2. The van der Waals surface area contributed by atoms with E-state index in [1.54, 1.807) is 30.3 Å². The van der Waals surface area contributed by atoms with E-state index < -0.39 is 5.91 Å². The number of hydrogen-bond acceptors (Lipinski definition) is 8. The lowest BCUT2D eigenvalue weighted by molar-refractivity contribution is 0.0944. The molecule has 0 aliphatic carbocycles. The Kier molecular flexibility index (Phi) is 8.23. The number of benzene rings is 2. The Morgan fingerprint density at radius 1 is 1.16 bits per heavy atom. The van der Waals surface area contributed by atoms with Gasteiger partial charge in [-0.05, 0) is 34.9 Å². The number of amides is 1. The summed E-state index contributed by atoms with van der Waals surface area (Å²) in [6.07, 6.45) is 0. The van der Waals surface area contributed by atoms with Gasteiger partial charge in [-0.2, -0.15) is 0 Å². The molecule has 0 atom stereocenters. The second-order valence-electron chi connectivity index (χ2n) is 6.63. The van der Waals surface area contributed by atoms with E-state index in [4.69, 9.17) is 26.8 Å². The zero-order chi connectivity index (χ0) is 22.9. The molecular weight excluding hydrogens is 441 g/mol. The van der Waals surface area contributed by atoms with E-state index in [-0.39, 0.29) is 23.9 Å².